The van der Waals surface area contributed by atoms with Crippen LogP contribution in [-0.4, -0.2) is 16.8 Å². The Morgan fingerprint density at radius 2 is 1.60 bits per heavy atom. The second kappa shape index (κ2) is 8.48. The molecule has 0 N–H and O–H groups in total. The summed E-state index contributed by atoms with van der Waals surface area (Å²) >= 11 is 0. The van der Waals surface area contributed by atoms with E-state index in [0.29, 0.717) is 22.2 Å². The fourth-order valence-corrected chi connectivity index (χ4v) is 6.08. The lowest BCUT2D eigenvalue weighted by Gasteiger charge is -2.33. The average molecular weight is 528 g/mol. The molecule has 2 amide bonds. The number of nitrogens with zero attached hydrogens (tertiary/aromatic N) is 3. The summed E-state index contributed by atoms with van der Waals surface area (Å²) in [5.74, 6) is -0.831. The number of amides is 2. The summed E-state index contributed by atoms with van der Waals surface area (Å²) in [6, 6.07) is 24.0. The summed E-state index contributed by atoms with van der Waals surface area (Å²) < 4.78 is 6.17. The van der Waals surface area contributed by atoms with Gasteiger partial charge in [-0.15, -0.1) is 0 Å². The Hall–Kier alpha value is -5.04. The molecule has 196 valence electrons. The Morgan fingerprint density at radius 3 is 2.40 bits per heavy atom. The predicted molar refractivity (Wildman–Crippen MR) is 153 cm³/mol. The van der Waals surface area contributed by atoms with Crippen LogP contribution >= 0.6 is 0 Å². The minimum atomic E-state index is -1.77. The molecule has 7 heteroatoms. The quantitative estimate of drug-likeness (QED) is 0.307. The molecule has 0 saturated carbocycles. The highest BCUT2D eigenvalue weighted by Crippen LogP contribution is 2.54. The van der Waals surface area contributed by atoms with E-state index in [9.17, 15) is 14.4 Å². The van der Waals surface area contributed by atoms with Gasteiger partial charge < -0.3 is 9.32 Å². The van der Waals surface area contributed by atoms with E-state index in [4.69, 9.17) is 4.42 Å². The second-order valence-electron chi connectivity index (χ2n) is 10.5. The highest BCUT2D eigenvalue weighted by atomic mass is 16.3. The van der Waals surface area contributed by atoms with Gasteiger partial charge in [0, 0.05) is 11.8 Å². The van der Waals surface area contributed by atoms with Crippen molar-refractivity contribution in [3.8, 4) is 0 Å². The molecule has 2 aliphatic rings. The van der Waals surface area contributed by atoms with Crippen molar-refractivity contribution in [2.75, 3.05) is 9.80 Å². The maximum Gasteiger partial charge on any atom is 0.297 e. The van der Waals surface area contributed by atoms with E-state index < -0.39 is 22.8 Å². The van der Waals surface area contributed by atoms with Gasteiger partial charge in [0.2, 0.25) is 5.76 Å². The Morgan fingerprint density at radius 1 is 0.850 bits per heavy atom. The number of aryl methyl sites for hydroxylation is 3. The van der Waals surface area contributed by atoms with Crippen LogP contribution in [0.1, 0.15) is 43.9 Å². The molecule has 0 bridgehead atoms. The number of aromatic nitrogens is 1. The van der Waals surface area contributed by atoms with Crippen molar-refractivity contribution in [3.05, 3.63) is 134 Å². The van der Waals surface area contributed by atoms with Crippen LogP contribution < -0.4 is 15.2 Å². The van der Waals surface area contributed by atoms with Crippen LogP contribution in [0.5, 0.6) is 0 Å². The van der Waals surface area contributed by atoms with E-state index >= 15 is 0 Å². The molecule has 1 atom stereocenters. The zero-order valence-electron chi connectivity index (χ0n) is 22.3. The number of fused-ring (bicyclic) bond motifs is 5. The number of para-hydroxylation sites is 1. The monoisotopic (exact) mass is 527 g/mol. The first-order valence-electron chi connectivity index (χ1n) is 13.1. The zero-order chi connectivity index (χ0) is 27.8. The van der Waals surface area contributed by atoms with E-state index in [1.165, 1.54) is 4.90 Å². The zero-order valence-corrected chi connectivity index (χ0v) is 22.3. The van der Waals surface area contributed by atoms with Crippen LogP contribution in [0.25, 0.3) is 11.0 Å². The molecule has 40 heavy (non-hydrogen) atoms. The number of benzene rings is 3. The summed E-state index contributed by atoms with van der Waals surface area (Å²) in [4.78, 5) is 51.2. The minimum absolute atomic E-state index is 0.0311. The maximum absolute atomic E-state index is 15.0. The van der Waals surface area contributed by atoms with Gasteiger partial charge in [-0.05, 0) is 67.8 Å². The third-order valence-corrected chi connectivity index (χ3v) is 8.00. The van der Waals surface area contributed by atoms with E-state index in [1.807, 2.05) is 81.4 Å². The van der Waals surface area contributed by atoms with Gasteiger partial charge in [-0.25, -0.2) is 4.98 Å². The van der Waals surface area contributed by atoms with Crippen molar-refractivity contribution in [1.82, 2.24) is 4.98 Å². The summed E-state index contributed by atoms with van der Waals surface area (Å²) in [6.07, 6.45) is 1.60. The minimum Gasteiger partial charge on any atom is -0.450 e. The molecule has 0 aliphatic carbocycles. The third kappa shape index (κ3) is 3.12. The van der Waals surface area contributed by atoms with Gasteiger partial charge in [-0.1, -0.05) is 54.1 Å². The van der Waals surface area contributed by atoms with E-state index in [0.717, 1.165) is 22.3 Å². The second-order valence-corrected chi connectivity index (χ2v) is 10.5. The molecule has 7 rings (SSSR count). The number of hydrogen-bond donors (Lipinski definition) is 0. The van der Waals surface area contributed by atoms with Crippen molar-refractivity contribution < 1.29 is 14.0 Å². The summed E-state index contributed by atoms with van der Waals surface area (Å²) in [5.41, 5.74) is 3.07. The highest BCUT2D eigenvalue weighted by molar-refractivity contribution is 6.24. The number of rotatable bonds is 3. The standard InChI is InChI=1S/C33H25N3O4/c1-19-12-13-26-23(16-19)29(37)28-30(40-26)31(38)36(27-17-20(2)14-15-34-27)33(28)24-10-6-7-11-25(24)35(32(33)39)18-22-9-5-4-8-21(22)3/h4-17H,18H2,1-3H3. The third-order valence-electron chi connectivity index (χ3n) is 8.00. The van der Waals surface area contributed by atoms with Gasteiger partial charge in [0.05, 0.1) is 23.2 Å². The lowest BCUT2D eigenvalue weighted by Crippen LogP contribution is -2.54. The van der Waals surface area contributed by atoms with Gasteiger partial charge in [0.25, 0.3) is 11.8 Å². The molecule has 1 spiro atoms. The number of pyridine rings is 1. The smallest absolute Gasteiger partial charge is 0.297 e. The van der Waals surface area contributed by atoms with Crippen molar-refractivity contribution in [2.45, 2.75) is 32.9 Å². The largest absolute Gasteiger partial charge is 0.450 e. The SMILES string of the molecule is Cc1ccnc(N2C(=O)c3oc4ccc(C)cc4c(=O)c3C23C(=O)N(Cc2ccccc2C)c2ccccc23)c1. The first kappa shape index (κ1) is 24.0. The van der Waals surface area contributed by atoms with Crippen LogP contribution in [0.4, 0.5) is 11.5 Å². The van der Waals surface area contributed by atoms with Crippen molar-refractivity contribution in [2.24, 2.45) is 0 Å². The molecular weight excluding hydrogens is 502 g/mol. The van der Waals surface area contributed by atoms with Gasteiger partial charge in [0.1, 0.15) is 11.4 Å². The molecule has 1 unspecified atom stereocenters. The van der Waals surface area contributed by atoms with Gasteiger partial charge in [0.15, 0.2) is 11.0 Å². The van der Waals surface area contributed by atoms with Crippen LogP contribution in [0, 0.1) is 20.8 Å². The molecule has 0 radical (unpaired) electrons. The molecule has 0 fully saturated rings. The van der Waals surface area contributed by atoms with Crippen molar-refractivity contribution in [1.29, 1.82) is 0 Å². The Balaban J connectivity index is 1.58. The number of hydrogen-bond acceptors (Lipinski definition) is 5. The molecule has 2 aliphatic heterocycles. The normalized spacial score (nSPS) is 17.7. The topological polar surface area (TPSA) is 83.7 Å². The highest BCUT2D eigenvalue weighted by Gasteiger charge is 2.66. The fraction of sp³-hybridized carbons (Fsp3) is 0.152. The molecule has 2 aromatic heterocycles. The molecule has 3 aromatic carbocycles. The first-order chi connectivity index (χ1) is 19.3. The number of anilines is 2. The Kier molecular flexibility index (Phi) is 5.09. The fourth-order valence-electron chi connectivity index (χ4n) is 6.08. The van der Waals surface area contributed by atoms with Gasteiger partial charge >= 0.3 is 0 Å². The average Bonchev–Trinajstić information content (AvgIpc) is 3.35. The lowest BCUT2D eigenvalue weighted by molar-refractivity contribution is -0.121. The number of carbonyl (C=O) groups excluding carboxylic acids is 2. The molecule has 4 heterocycles. The first-order valence-corrected chi connectivity index (χ1v) is 13.1. The summed E-state index contributed by atoms with van der Waals surface area (Å²) in [7, 11) is 0. The van der Waals surface area contributed by atoms with Crippen LogP contribution in [0.2, 0.25) is 0 Å². The summed E-state index contributed by atoms with van der Waals surface area (Å²) in [6.45, 7) is 6.05. The van der Waals surface area contributed by atoms with Gasteiger partial charge in [-0.2, -0.15) is 0 Å². The Bertz CT molecular complexity index is 1960. The molecule has 7 nitrogen and oxygen atoms in total. The lowest BCUT2D eigenvalue weighted by atomic mass is 9.84. The summed E-state index contributed by atoms with van der Waals surface area (Å²) in [5, 5.41) is 0.326. The van der Waals surface area contributed by atoms with Crippen molar-refractivity contribution in [3.63, 3.8) is 0 Å². The maximum atomic E-state index is 15.0. The van der Waals surface area contributed by atoms with Crippen molar-refractivity contribution >= 4 is 34.3 Å². The van der Waals surface area contributed by atoms with Crippen LogP contribution in [-0.2, 0) is 16.9 Å². The predicted octanol–water partition coefficient (Wildman–Crippen LogP) is 5.56. The van der Waals surface area contributed by atoms with Crippen LogP contribution in [0.3, 0.4) is 0 Å². The molecular formula is C33H25N3O4. The Labute approximate surface area is 230 Å². The molecule has 5 aromatic rings. The molecule has 0 saturated heterocycles. The van der Waals surface area contributed by atoms with E-state index in [2.05, 4.69) is 4.98 Å². The number of carbonyl (C=O) groups is 2. The van der Waals surface area contributed by atoms with Crippen LogP contribution in [0.15, 0.2) is 94.3 Å². The van der Waals surface area contributed by atoms with Gasteiger partial charge in [-0.3, -0.25) is 19.3 Å². The van der Waals surface area contributed by atoms with E-state index in [1.54, 1.807) is 29.3 Å². The van der Waals surface area contributed by atoms with E-state index in [-0.39, 0.29) is 23.7 Å².